The molecule has 0 unspecified atom stereocenters. The SMILES string of the molecule is N#C/C(=C/Nc1cc([N+](=O)[O-])cc([N+](=O)[O-])c1)c1nc2cc(Cl)ccc2o1. The first-order valence-corrected chi connectivity index (χ1v) is 7.62. The van der Waals surface area contributed by atoms with Gasteiger partial charge in [0.05, 0.1) is 21.6 Å². The first-order valence-electron chi connectivity index (χ1n) is 7.24. The summed E-state index contributed by atoms with van der Waals surface area (Å²) in [7, 11) is 0. The molecule has 0 aliphatic heterocycles. The Morgan fingerprint density at radius 1 is 1.19 bits per heavy atom. The van der Waals surface area contributed by atoms with Crippen LogP contribution >= 0.6 is 11.6 Å². The van der Waals surface area contributed by atoms with Crippen LogP contribution in [0.2, 0.25) is 5.02 Å². The number of benzene rings is 2. The number of nitrogens with zero attached hydrogens (tertiary/aromatic N) is 4. The summed E-state index contributed by atoms with van der Waals surface area (Å²) in [6.07, 6.45) is 1.19. The molecule has 0 atom stereocenters. The fraction of sp³-hybridized carbons (Fsp3) is 0. The molecule has 0 aliphatic rings. The van der Waals surface area contributed by atoms with Gasteiger partial charge < -0.3 is 9.73 Å². The maximum atomic E-state index is 10.9. The van der Waals surface area contributed by atoms with Crippen molar-refractivity contribution in [3.63, 3.8) is 0 Å². The van der Waals surface area contributed by atoms with Gasteiger partial charge in [0.15, 0.2) is 5.58 Å². The number of nitro groups is 2. The van der Waals surface area contributed by atoms with Crippen molar-refractivity contribution in [2.75, 3.05) is 5.32 Å². The Balaban J connectivity index is 1.96. The van der Waals surface area contributed by atoms with E-state index in [0.29, 0.717) is 16.1 Å². The van der Waals surface area contributed by atoms with Crippen molar-refractivity contribution in [3.8, 4) is 6.07 Å². The standard InChI is InChI=1S/C16H8ClN5O5/c17-10-1-2-15-14(3-10)20-16(27-15)9(7-18)8-19-11-4-12(21(23)24)6-13(5-11)22(25)26/h1-6,8,19H/b9-8-. The van der Waals surface area contributed by atoms with E-state index in [1.807, 2.05) is 6.07 Å². The molecule has 1 heterocycles. The summed E-state index contributed by atoms with van der Waals surface area (Å²) in [5.74, 6) is 0.00203. The highest BCUT2D eigenvalue weighted by Gasteiger charge is 2.17. The van der Waals surface area contributed by atoms with E-state index < -0.39 is 21.2 Å². The number of nitriles is 1. The van der Waals surface area contributed by atoms with E-state index in [2.05, 4.69) is 10.3 Å². The Kier molecular flexibility index (Phi) is 4.69. The minimum atomic E-state index is -0.752. The van der Waals surface area contributed by atoms with Gasteiger partial charge in [-0.2, -0.15) is 5.26 Å². The minimum Gasteiger partial charge on any atom is -0.435 e. The fourth-order valence-corrected chi connectivity index (χ4v) is 2.37. The number of non-ortho nitro benzene ring substituents is 2. The lowest BCUT2D eigenvalue weighted by Gasteiger charge is -2.02. The van der Waals surface area contributed by atoms with Crippen molar-refractivity contribution in [2.24, 2.45) is 0 Å². The van der Waals surface area contributed by atoms with Gasteiger partial charge in [0.25, 0.3) is 11.4 Å². The largest absolute Gasteiger partial charge is 0.435 e. The molecule has 0 bridgehead atoms. The van der Waals surface area contributed by atoms with Gasteiger partial charge in [-0.3, -0.25) is 20.2 Å². The number of aromatic nitrogens is 1. The molecule has 27 heavy (non-hydrogen) atoms. The fourth-order valence-electron chi connectivity index (χ4n) is 2.20. The molecule has 0 amide bonds. The maximum absolute atomic E-state index is 10.9. The molecule has 0 spiro atoms. The van der Waals surface area contributed by atoms with E-state index in [1.165, 1.54) is 6.20 Å². The van der Waals surface area contributed by atoms with Crippen LogP contribution in [-0.4, -0.2) is 14.8 Å². The van der Waals surface area contributed by atoms with Crippen molar-refractivity contribution in [2.45, 2.75) is 0 Å². The van der Waals surface area contributed by atoms with Crippen molar-refractivity contribution in [1.29, 1.82) is 5.26 Å². The van der Waals surface area contributed by atoms with Crippen molar-refractivity contribution < 1.29 is 14.3 Å². The number of hydrogen-bond acceptors (Lipinski definition) is 8. The second kappa shape index (κ2) is 7.11. The van der Waals surface area contributed by atoms with Crippen LogP contribution in [-0.2, 0) is 0 Å². The van der Waals surface area contributed by atoms with E-state index in [1.54, 1.807) is 18.2 Å². The number of rotatable bonds is 5. The lowest BCUT2D eigenvalue weighted by Crippen LogP contribution is -1.97. The van der Waals surface area contributed by atoms with Crippen molar-refractivity contribution in [1.82, 2.24) is 4.98 Å². The molecule has 1 N–H and O–H groups in total. The summed E-state index contributed by atoms with van der Waals surface area (Å²) >= 11 is 5.88. The first kappa shape index (κ1) is 17.8. The number of oxazole rings is 1. The quantitative estimate of drug-likeness (QED) is 0.388. The second-order valence-corrected chi connectivity index (χ2v) is 5.63. The molecule has 1 aromatic heterocycles. The number of anilines is 1. The third-order valence-electron chi connectivity index (χ3n) is 3.41. The molecule has 11 heteroatoms. The van der Waals surface area contributed by atoms with Gasteiger partial charge in [-0.15, -0.1) is 0 Å². The molecule has 3 aromatic rings. The summed E-state index contributed by atoms with van der Waals surface area (Å²) in [5.41, 5.74) is -0.0179. The number of nitro benzene ring substituents is 2. The maximum Gasteiger partial charge on any atom is 0.278 e. The highest BCUT2D eigenvalue weighted by Crippen LogP contribution is 2.27. The zero-order valence-corrected chi connectivity index (χ0v) is 14.0. The van der Waals surface area contributed by atoms with Crippen LogP contribution in [0.25, 0.3) is 16.7 Å². The summed E-state index contributed by atoms with van der Waals surface area (Å²) in [6, 6.07) is 9.69. The first-order chi connectivity index (χ1) is 12.9. The van der Waals surface area contributed by atoms with Gasteiger partial charge in [0.2, 0.25) is 5.89 Å². The number of halogens is 1. The number of hydrogen-bond donors (Lipinski definition) is 1. The van der Waals surface area contributed by atoms with Gasteiger partial charge in [-0.05, 0) is 18.2 Å². The Labute approximate surface area is 155 Å². The van der Waals surface area contributed by atoms with Crippen LogP contribution in [0.4, 0.5) is 17.1 Å². The van der Waals surface area contributed by atoms with Gasteiger partial charge in [0, 0.05) is 23.4 Å². The highest BCUT2D eigenvalue weighted by molar-refractivity contribution is 6.31. The third kappa shape index (κ3) is 3.83. The van der Waals surface area contributed by atoms with Crippen LogP contribution in [0.3, 0.4) is 0 Å². The molecule has 0 fully saturated rings. The number of nitrogens with one attached hydrogen (secondary N) is 1. The topological polar surface area (TPSA) is 148 Å². The molecular formula is C16H8ClN5O5. The van der Waals surface area contributed by atoms with E-state index in [0.717, 1.165) is 18.2 Å². The molecule has 0 saturated heterocycles. The van der Waals surface area contributed by atoms with Crippen molar-refractivity contribution in [3.05, 3.63) is 73.7 Å². The Morgan fingerprint density at radius 3 is 2.44 bits per heavy atom. The predicted octanol–water partition coefficient (Wildman–Crippen LogP) is 4.27. The summed E-state index contributed by atoms with van der Waals surface area (Å²) < 4.78 is 5.47. The second-order valence-electron chi connectivity index (χ2n) is 5.20. The molecule has 2 aromatic carbocycles. The van der Waals surface area contributed by atoms with Crippen LogP contribution in [0, 0.1) is 31.6 Å². The average molecular weight is 386 g/mol. The van der Waals surface area contributed by atoms with Gasteiger partial charge in [0.1, 0.15) is 17.2 Å². The van der Waals surface area contributed by atoms with E-state index in [-0.39, 0.29) is 17.2 Å². The Morgan fingerprint density at radius 2 is 1.85 bits per heavy atom. The van der Waals surface area contributed by atoms with Crippen LogP contribution in [0.5, 0.6) is 0 Å². The zero-order valence-electron chi connectivity index (χ0n) is 13.2. The Bertz CT molecular complexity index is 1120. The monoisotopic (exact) mass is 385 g/mol. The van der Waals surface area contributed by atoms with Crippen LogP contribution < -0.4 is 5.32 Å². The van der Waals surface area contributed by atoms with Crippen molar-refractivity contribution >= 4 is 45.3 Å². The summed E-state index contributed by atoms with van der Waals surface area (Å²) in [5, 5.41) is 34.2. The normalized spacial score (nSPS) is 11.2. The summed E-state index contributed by atoms with van der Waals surface area (Å²) in [4.78, 5) is 24.5. The minimum absolute atomic E-state index is 0.00203. The third-order valence-corrected chi connectivity index (χ3v) is 3.64. The summed E-state index contributed by atoms with van der Waals surface area (Å²) in [6.45, 7) is 0. The van der Waals surface area contributed by atoms with E-state index in [9.17, 15) is 25.5 Å². The van der Waals surface area contributed by atoms with Crippen LogP contribution in [0.15, 0.2) is 47.0 Å². The highest BCUT2D eigenvalue weighted by atomic mass is 35.5. The smallest absolute Gasteiger partial charge is 0.278 e. The lowest BCUT2D eigenvalue weighted by atomic mass is 10.2. The molecule has 0 radical (unpaired) electrons. The zero-order chi connectivity index (χ0) is 19.6. The molecule has 0 aliphatic carbocycles. The molecular weight excluding hydrogens is 378 g/mol. The molecule has 0 saturated carbocycles. The molecule has 3 rings (SSSR count). The molecule has 10 nitrogen and oxygen atoms in total. The molecule has 134 valence electrons. The number of allylic oxidation sites excluding steroid dienone is 1. The van der Waals surface area contributed by atoms with Gasteiger partial charge in [-0.1, -0.05) is 11.6 Å². The predicted molar refractivity (Wildman–Crippen MR) is 96.0 cm³/mol. The average Bonchev–Trinajstić information content (AvgIpc) is 3.04. The van der Waals surface area contributed by atoms with E-state index >= 15 is 0 Å². The van der Waals surface area contributed by atoms with Gasteiger partial charge >= 0.3 is 0 Å². The van der Waals surface area contributed by atoms with E-state index in [4.69, 9.17) is 16.0 Å². The number of fused-ring (bicyclic) bond motifs is 1. The lowest BCUT2D eigenvalue weighted by molar-refractivity contribution is -0.394. The van der Waals surface area contributed by atoms with Crippen LogP contribution in [0.1, 0.15) is 5.89 Å². The Hall–Kier alpha value is -3.97. The van der Waals surface area contributed by atoms with Gasteiger partial charge in [-0.25, -0.2) is 4.98 Å².